The molecular formula is C31H35FN6O2. The molecule has 3 saturated heterocycles. The van der Waals surface area contributed by atoms with E-state index in [0.29, 0.717) is 23.5 Å². The minimum atomic E-state index is -0.502. The average molecular weight is 543 g/mol. The Hall–Kier alpha value is -3.90. The van der Waals surface area contributed by atoms with E-state index in [0.717, 1.165) is 74.9 Å². The van der Waals surface area contributed by atoms with E-state index < -0.39 is 5.82 Å². The van der Waals surface area contributed by atoms with Crippen LogP contribution in [0.4, 0.5) is 15.8 Å². The summed E-state index contributed by atoms with van der Waals surface area (Å²) in [5, 5.41) is 7.95. The van der Waals surface area contributed by atoms with Crippen molar-refractivity contribution >= 4 is 28.2 Å². The van der Waals surface area contributed by atoms with E-state index in [1.54, 1.807) is 12.3 Å². The molecule has 3 aliphatic rings. The van der Waals surface area contributed by atoms with E-state index in [-0.39, 0.29) is 28.7 Å². The first-order valence-corrected chi connectivity index (χ1v) is 14.0. The predicted octanol–water partition coefficient (Wildman–Crippen LogP) is 5.32. The van der Waals surface area contributed by atoms with Crippen LogP contribution in [0.25, 0.3) is 26.9 Å². The second kappa shape index (κ2) is 10.3. The molecule has 0 saturated carbocycles. The molecule has 0 bridgehead atoms. The Labute approximate surface area is 234 Å². The molecule has 3 fully saturated rings. The number of benzene rings is 2. The Balaban J connectivity index is 1.39. The van der Waals surface area contributed by atoms with Gasteiger partial charge >= 0.3 is 0 Å². The monoisotopic (exact) mass is 542 g/mol. The lowest BCUT2D eigenvalue weighted by Gasteiger charge is -2.54. The lowest BCUT2D eigenvalue weighted by atomic mass is 9.72. The number of likely N-dealkylation sites (tertiary alicyclic amines) is 2. The van der Waals surface area contributed by atoms with E-state index in [1.807, 2.05) is 24.0 Å². The molecule has 0 radical (unpaired) electrons. The van der Waals surface area contributed by atoms with E-state index >= 15 is 4.39 Å². The highest BCUT2D eigenvalue weighted by Crippen LogP contribution is 2.50. The Kier molecular flexibility index (Phi) is 6.75. The maximum atomic E-state index is 16.5. The van der Waals surface area contributed by atoms with Crippen LogP contribution in [-0.4, -0.2) is 78.3 Å². The highest BCUT2D eigenvalue weighted by Gasteiger charge is 2.46. The summed E-state index contributed by atoms with van der Waals surface area (Å²) in [7, 11) is 2.08. The zero-order valence-corrected chi connectivity index (χ0v) is 23.2. The highest BCUT2D eigenvalue weighted by atomic mass is 19.1. The minimum Gasteiger partial charge on any atom is -0.489 e. The van der Waals surface area contributed by atoms with Gasteiger partial charge in [-0.25, -0.2) is 9.24 Å². The third-order valence-corrected chi connectivity index (χ3v) is 9.18. The molecule has 208 valence electrons. The van der Waals surface area contributed by atoms with Crippen molar-refractivity contribution in [1.29, 1.82) is 0 Å². The molecule has 2 aromatic carbocycles. The quantitative estimate of drug-likeness (QED) is 0.338. The number of nitrogens with zero attached hydrogens (tertiary/aromatic N) is 5. The van der Waals surface area contributed by atoms with Crippen LogP contribution in [-0.2, 0) is 4.79 Å². The molecule has 3 aliphatic heterocycles. The van der Waals surface area contributed by atoms with Crippen LogP contribution in [0.2, 0.25) is 0 Å². The van der Waals surface area contributed by atoms with Gasteiger partial charge in [-0.15, -0.1) is 0 Å². The van der Waals surface area contributed by atoms with Crippen molar-refractivity contribution in [2.75, 3.05) is 51.3 Å². The largest absolute Gasteiger partial charge is 0.489 e. The molecule has 0 unspecified atom stereocenters. The normalized spacial score (nSPS) is 20.5. The number of aryl methyl sites for hydroxylation is 1. The summed E-state index contributed by atoms with van der Waals surface area (Å²) in [4.78, 5) is 22.2. The third-order valence-electron chi connectivity index (χ3n) is 9.18. The van der Waals surface area contributed by atoms with Gasteiger partial charge in [0.15, 0.2) is 11.6 Å². The van der Waals surface area contributed by atoms with Crippen LogP contribution in [0.5, 0.6) is 5.75 Å². The standard InChI is InChI=1S/C31H35FN6O2/c1-5-26(39)38-18-31(19-38)10-13-37(14-11-31)24-15-25(40-17-21-7-6-12-36(21)4)29(32)28(30(24)33-3)27-20(2)8-9-23-22(27)16-34-35-23/h5,8-9,15-16,21H,1,6-7,10-14,17-19H2,2,4H3,(H,34,35)/t21-/m1/s1. The second-order valence-electron chi connectivity index (χ2n) is 11.6. The van der Waals surface area contributed by atoms with Gasteiger partial charge in [-0.2, -0.15) is 5.10 Å². The van der Waals surface area contributed by atoms with Crippen molar-refractivity contribution in [3.63, 3.8) is 0 Å². The molecule has 1 amide bonds. The number of nitrogens with one attached hydrogen (secondary N) is 1. The Bertz CT molecular complexity index is 1510. The van der Waals surface area contributed by atoms with Gasteiger partial charge in [0, 0.05) is 54.3 Å². The van der Waals surface area contributed by atoms with Gasteiger partial charge in [0.2, 0.25) is 11.6 Å². The molecule has 0 aliphatic carbocycles. The van der Waals surface area contributed by atoms with E-state index in [9.17, 15) is 4.79 Å². The number of aromatic nitrogens is 2. The number of hydrogen-bond donors (Lipinski definition) is 1. The van der Waals surface area contributed by atoms with Gasteiger partial charge in [0.25, 0.3) is 0 Å². The van der Waals surface area contributed by atoms with Gasteiger partial charge in [-0.3, -0.25) is 9.89 Å². The number of hydrogen-bond acceptors (Lipinski definition) is 5. The molecular weight excluding hydrogens is 507 g/mol. The lowest BCUT2D eigenvalue weighted by Crippen LogP contribution is -2.61. The molecule has 6 rings (SSSR count). The van der Waals surface area contributed by atoms with Crippen molar-refractivity contribution in [3.05, 3.63) is 59.8 Å². The number of carbonyl (C=O) groups is 1. The third kappa shape index (κ3) is 4.40. The fraction of sp³-hybridized carbons (Fsp3) is 0.452. The van der Waals surface area contributed by atoms with Crippen molar-refractivity contribution in [2.45, 2.75) is 38.6 Å². The average Bonchev–Trinajstić information content (AvgIpc) is 3.59. The summed E-state index contributed by atoms with van der Waals surface area (Å²) in [5.41, 5.74) is 3.71. The smallest absolute Gasteiger partial charge is 0.245 e. The number of piperidine rings is 1. The molecule has 8 nitrogen and oxygen atoms in total. The molecule has 40 heavy (non-hydrogen) atoms. The van der Waals surface area contributed by atoms with E-state index in [1.165, 1.54) is 6.08 Å². The van der Waals surface area contributed by atoms with Gasteiger partial charge in [-0.1, -0.05) is 12.6 Å². The van der Waals surface area contributed by atoms with E-state index in [4.69, 9.17) is 11.3 Å². The first-order valence-electron chi connectivity index (χ1n) is 14.0. The number of fused-ring (bicyclic) bond motifs is 1. The molecule has 1 N–H and O–H groups in total. The number of aromatic amines is 1. The Morgan fingerprint density at radius 3 is 2.75 bits per heavy atom. The molecule has 9 heteroatoms. The minimum absolute atomic E-state index is 0.0231. The molecule has 1 atom stereocenters. The summed E-state index contributed by atoms with van der Waals surface area (Å²) in [6, 6.07) is 5.83. The van der Waals surface area contributed by atoms with Crippen molar-refractivity contribution in [3.8, 4) is 16.9 Å². The topological polar surface area (TPSA) is 69.1 Å². The summed E-state index contributed by atoms with van der Waals surface area (Å²) in [6.45, 7) is 18.1. The highest BCUT2D eigenvalue weighted by molar-refractivity contribution is 6.03. The van der Waals surface area contributed by atoms with Gasteiger partial charge in [0.05, 0.1) is 18.3 Å². The lowest BCUT2D eigenvalue weighted by molar-refractivity contribution is -0.139. The van der Waals surface area contributed by atoms with E-state index in [2.05, 4.69) is 38.5 Å². The van der Waals surface area contributed by atoms with Crippen LogP contribution in [0, 0.1) is 24.7 Å². The summed E-state index contributed by atoms with van der Waals surface area (Å²) < 4.78 is 22.7. The number of carbonyl (C=O) groups excluding carboxylic acids is 1. The first-order chi connectivity index (χ1) is 19.3. The summed E-state index contributed by atoms with van der Waals surface area (Å²) in [6.07, 6.45) is 6.99. The van der Waals surface area contributed by atoms with Gasteiger partial charge < -0.3 is 19.4 Å². The maximum absolute atomic E-state index is 16.5. The molecule has 1 spiro atoms. The van der Waals surface area contributed by atoms with Crippen LogP contribution >= 0.6 is 0 Å². The maximum Gasteiger partial charge on any atom is 0.245 e. The summed E-state index contributed by atoms with van der Waals surface area (Å²) >= 11 is 0. The number of rotatable bonds is 6. The van der Waals surface area contributed by atoms with Crippen LogP contribution < -0.4 is 9.64 Å². The van der Waals surface area contributed by atoms with Crippen LogP contribution in [0.3, 0.4) is 0 Å². The number of halogens is 1. The van der Waals surface area contributed by atoms with Gasteiger partial charge in [0.1, 0.15) is 6.61 Å². The SMILES string of the molecule is [C-]#[N+]c1c(N2CCC3(CC2)CN(C(=O)C=C)C3)cc(OC[C@H]2CCCN2C)c(F)c1-c1c(C)ccc2[nH]ncc12. The fourth-order valence-electron chi connectivity index (χ4n) is 6.72. The zero-order chi connectivity index (χ0) is 28.0. The predicted molar refractivity (Wildman–Crippen MR) is 154 cm³/mol. The number of ether oxygens (including phenoxy) is 1. The summed E-state index contributed by atoms with van der Waals surface area (Å²) in [5.74, 6) is -0.340. The van der Waals surface area contributed by atoms with Gasteiger partial charge in [-0.05, 0) is 75.5 Å². The molecule has 1 aromatic heterocycles. The molecule has 3 aromatic rings. The number of amides is 1. The Morgan fingerprint density at radius 1 is 1.30 bits per heavy atom. The fourth-order valence-corrected chi connectivity index (χ4v) is 6.72. The zero-order valence-electron chi connectivity index (χ0n) is 23.2. The van der Waals surface area contributed by atoms with Crippen LogP contribution in [0.1, 0.15) is 31.2 Å². The van der Waals surface area contributed by atoms with Crippen molar-refractivity contribution in [1.82, 2.24) is 20.0 Å². The van der Waals surface area contributed by atoms with Crippen molar-refractivity contribution in [2.24, 2.45) is 5.41 Å². The van der Waals surface area contributed by atoms with Crippen LogP contribution in [0.15, 0.2) is 37.1 Å². The number of likely N-dealkylation sites (N-methyl/N-ethyl adjacent to an activating group) is 1. The Morgan fingerprint density at radius 2 is 2.08 bits per heavy atom. The first kappa shape index (κ1) is 26.3. The molecule has 4 heterocycles. The number of anilines is 1. The van der Waals surface area contributed by atoms with Crippen molar-refractivity contribution < 1.29 is 13.9 Å². The second-order valence-corrected chi connectivity index (χ2v) is 11.6. The number of H-pyrrole nitrogens is 1.